The third-order valence-corrected chi connectivity index (χ3v) is 4.41. The van der Waals surface area contributed by atoms with Gasteiger partial charge in [0.15, 0.2) is 0 Å². The van der Waals surface area contributed by atoms with Gasteiger partial charge in [0, 0.05) is 38.3 Å². The lowest BCUT2D eigenvalue weighted by molar-refractivity contribution is 0.610. The molecule has 0 radical (unpaired) electrons. The van der Waals surface area contributed by atoms with Crippen LogP contribution >= 0.6 is 33.9 Å². The molecular weight excluding hydrogens is 317 g/mol. The van der Waals surface area contributed by atoms with Crippen molar-refractivity contribution in [3.63, 3.8) is 0 Å². The van der Waals surface area contributed by atoms with E-state index in [0.29, 0.717) is 10.4 Å². The normalized spacial score (nSPS) is 13.2. The van der Waals surface area contributed by atoms with Crippen LogP contribution in [0, 0.1) is 0 Å². The average Bonchev–Trinajstić information content (AvgIpc) is 2.68. The number of para-hydroxylation sites is 1. The number of rotatable bonds is 3. The molecule has 3 nitrogen and oxygen atoms in total. The van der Waals surface area contributed by atoms with Crippen LogP contribution in [0.1, 0.15) is 0 Å². The van der Waals surface area contributed by atoms with Crippen molar-refractivity contribution >= 4 is 53.8 Å². The highest BCUT2D eigenvalue weighted by atomic mass is 35.7. The molecule has 1 aromatic heterocycles. The molecule has 0 atom stereocenters. The molecule has 0 aliphatic carbocycles. The summed E-state index contributed by atoms with van der Waals surface area (Å²) in [7, 11) is 1.61. The molecule has 2 aromatic rings. The van der Waals surface area contributed by atoms with Crippen molar-refractivity contribution in [1.29, 1.82) is 0 Å². The Kier molecular flexibility index (Phi) is 3.92. The number of benzene rings is 1. The highest BCUT2D eigenvalue weighted by molar-refractivity contribution is 8.14. The van der Waals surface area contributed by atoms with Crippen molar-refractivity contribution in [1.82, 2.24) is 4.57 Å². The molecule has 2 rings (SSSR count). The molecule has 1 heterocycles. The Bertz CT molecular complexity index is 719. The quantitative estimate of drug-likeness (QED) is 0.804. The van der Waals surface area contributed by atoms with E-state index in [4.69, 9.17) is 33.9 Å². The summed E-state index contributed by atoms with van der Waals surface area (Å²) < 4.78 is 24.7. The monoisotopic (exact) mass is 323 g/mol. The minimum absolute atomic E-state index is 0.0683. The summed E-state index contributed by atoms with van der Waals surface area (Å²) in [5.41, 5.74) is 1.97. The van der Waals surface area contributed by atoms with E-state index < -0.39 is 9.05 Å². The standard InChI is InChI=1S/C11H8Cl3NO2S/c12-5-8(13)6-15-7-11(18(14,16)17)9-3-1-2-4-10(9)15/h1-5,7H,6H2/b8-5+. The summed E-state index contributed by atoms with van der Waals surface area (Å²) >= 11 is 11.3. The van der Waals surface area contributed by atoms with Gasteiger partial charge in [0.1, 0.15) is 4.90 Å². The number of nitrogens with zero attached hydrogens (tertiary/aromatic N) is 1. The maximum atomic E-state index is 11.5. The van der Waals surface area contributed by atoms with Crippen molar-refractivity contribution in [2.45, 2.75) is 11.4 Å². The van der Waals surface area contributed by atoms with Gasteiger partial charge in [0.05, 0.1) is 6.54 Å². The molecular formula is C11H8Cl3NO2S. The van der Waals surface area contributed by atoms with Crippen LogP contribution in [0.2, 0.25) is 0 Å². The molecule has 0 amide bonds. The van der Waals surface area contributed by atoms with Crippen molar-refractivity contribution in [3.05, 3.63) is 41.0 Å². The Hall–Kier alpha value is -0.680. The van der Waals surface area contributed by atoms with Crippen LogP contribution in [0.25, 0.3) is 10.9 Å². The topological polar surface area (TPSA) is 39.1 Å². The summed E-state index contributed by atoms with van der Waals surface area (Å²) in [6, 6.07) is 7.04. The van der Waals surface area contributed by atoms with E-state index in [0.717, 1.165) is 5.52 Å². The highest BCUT2D eigenvalue weighted by Crippen LogP contribution is 2.28. The molecule has 0 fully saturated rings. The van der Waals surface area contributed by atoms with Gasteiger partial charge in [0.25, 0.3) is 9.05 Å². The molecule has 0 N–H and O–H groups in total. The second kappa shape index (κ2) is 5.13. The molecule has 96 valence electrons. The summed E-state index contributed by atoms with van der Waals surface area (Å²) in [4.78, 5) is 0.0683. The Morgan fingerprint density at radius 2 is 2.00 bits per heavy atom. The zero-order valence-corrected chi connectivity index (χ0v) is 12.1. The summed E-state index contributed by atoms with van der Waals surface area (Å²) in [6.07, 6.45) is 1.45. The summed E-state index contributed by atoms with van der Waals surface area (Å²) in [5.74, 6) is 0. The first kappa shape index (κ1) is 13.7. The van der Waals surface area contributed by atoms with E-state index in [2.05, 4.69) is 0 Å². The van der Waals surface area contributed by atoms with Gasteiger partial charge in [0.2, 0.25) is 0 Å². The fourth-order valence-corrected chi connectivity index (χ4v) is 2.99. The first-order chi connectivity index (χ1) is 8.43. The van der Waals surface area contributed by atoms with Crippen LogP contribution in [0.5, 0.6) is 0 Å². The van der Waals surface area contributed by atoms with E-state index in [1.807, 2.05) is 6.07 Å². The Morgan fingerprint density at radius 3 is 2.61 bits per heavy atom. The molecule has 1 aromatic carbocycles. The van der Waals surface area contributed by atoms with Crippen molar-refractivity contribution in [2.75, 3.05) is 0 Å². The largest absolute Gasteiger partial charge is 0.341 e. The molecule has 18 heavy (non-hydrogen) atoms. The van der Waals surface area contributed by atoms with Crippen LogP contribution in [0.3, 0.4) is 0 Å². The highest BCUT2D eigenvalue weighted by Gasteiger charge is 2.18. The Labute approximate surface area is 119 Å². The lowest BCUT2D eigenvalue weighted by Gasteiger charge is -2.02. The Balaban J connectivity index is 2.69. The fraction of sp³-hybridized carbons (Fsp3) is 0.0909. The van der Waals surface area contributed by atoms with Gasteiger partial charge in [-0.3, -0.25) is 0 Å². The maximum absolute atomic E-state index is 11.5. The van der Waals surface area contributed by atoms with E-state index in [-0.39, 0.29) is 11.4 Å². The van der Waals surface area contributed by atoms with E-state index >= 15 is 0 Å². The number of fused-ring (bicyclic) bond motifs is 1. The summed E-state index contributed by atoms with van der Waals surface area (Å²) in [6.45, 7) is 0.290. The van der Waals surface area contributed by atoms with E-state index in [1.165, 1.54) is 11.7 Å². The Morgan fingerprint density at radius 1 is 1.33 bits per heavy atom. The first-order valence-corrected chi connectivity index (χ1v) is 8.03. The van der Waals surface area contributed by atoms with Crippen LogP contribution in [0.15, 0.2) is 45.9 Å². The van der Waals surface area contributed by atoms with Crippen molar-refractivity contribution in [3.8, 4) is 0 Å². The molecule has 0 spiro atoms. The van der Waals surface area contributed by atoms with Crippen LogP contribution in [-0.2, 0) is 15.6 Å². The number of hydrogen-bond acceptors (Lipinski definition) is 2. The zero-order valence-electron chi connectivity index (χ0n) is 8.98. The molecule has 0 unspecified atom stereocenters. The van der Waals surface area contributed by atoms with Crippen LogP contribution in [-0.4, -0.2) is 13.0 Å². The fourth-order valence-electron chi connectivity index (χ4n) is 1.74. The molecule has 0 bridgehead atoms. The van der Waals surface area contributed by atoms with Gasteiger partial charge in [-0.25, -0.2) is 8.42 Å². The van der Waals surface area contributed by atoms with Gasteiger partial charge in [-0.2, -0.15) is 0 Å². The predicted molar refractivity (Wildman–Crippen MR) is 74.8 cm³/mol. The lowest BCUT2D eigenvalue weighted by Crippen LogP contribution is -1.95. The lowest BCUT2D eigenvalue weighted by atomic mass is 10.2. The predicted octanol–water partition coefficient (Wildman–Crippen LogP) is 3.89. The van der Waals surface area contributed by atoms with Gasteiger partial charge >= 0.3 is 0 Å². The minimum Gasteiger partial charge on any atom is -0.341 e. The zero-order chi connectivity index (χ0) is 13.3. The molecule has 7 heteroatoms. The second-order valence-electron chi connectivity index (χ2n) is 3.63. The number of halogens is 3. The van der Waals surface area contributed by atoms with Gasteiger partial charge < -0.3 is 4.57 Å². The number of aromatic nitrogens is 1. The van der Waals surface area contributed by atoms with E-state index in [9.17, 15) is 8.42 Å². The van der Waals surface area contributed by atoms with Crippen molar-refractivity contribution in [2.24, 2.45) is 0 Å². The van der Waals surface area contributed by atoms with Gasteiger partial charge in [-0.1, -0.05) is 41.4 Å². The molecule has 0 saturated heterocycles. The van der Waals surface area contributed by atoms with Gasteiger partial charge in [-0.15, -0.1) is 0 Å². The second-order valence-corrected chi connectivity index (χ2v) is 6.87. The number of hydrogen-bond donors (Lipinski definition) is 0. The van der Waals surface area contributed by atoms with Crippen molar-refractivity contribution < 1.29 is 8.42 Å². The van der Waals surface area contributed by atoms with Crippen LogP contribution < -0.4 is 0 Å². The first-order valence-electron chi connectivity index (χ1n) is 4.91. The van der Waals surface area contributed by atoms with Gasteiger partial charge in [-0.05, 0) is 6.07 Å². The maximum Gasteiger partial charge on any atom is 0.263 e. The SMILES string of the molecule is O=S(=O)(Cl)c1cn(C/C(Cl)=C\Cl)c2ccccc12. The number of allylic oxidation sites excluding steroid dienone is 1. The average molecular weight is 325 g/mol. The molecule has 0 aliphatic rings. The van der Waals surface area contributed by atoms with Crippen LogP contribution in [0.4, 0.5) is 0 Å². The summed E-state index contributed by atoms with van der Waals surface area (Å²) in [5, 5.41) is 0.961. The third-order valence-electron chi connectivity index (χ3n) is 2.45. The minimum atomic E-state index is -3.80. The molecule has 0 saturated carbocycles. The molecule has 0 aliphatic heterocycles. The third kappa shape index (κ3) is 2.67. The smallest absolute Gasteiger partial charge is 0.263 e. The van der Waals surface area contributed by atoms with E-state index in [1.54, 1.807) is 22.8 Å².